The van der Waals surface area contributed by atoms with E-state index < -0.39 is 52.3 Å². The van der Waals surface area contributed by atoms with E-state index in [0.29, 0.717) is 36.8 Å². The van der Waals surface area contributed by atoms with Gasteiger partial charge in [0.05, 0.1) is 31.9 Å². The molecule has 1 aromatic heterocycles. The zero-order valence-electron chi connectivity index (χ0n) is 20.4. The molecule has 0 aliphatic heterocycles. The maximum absolute atomic E-state index is 12.9. The van der Waals surface area contributed by atoms with Gasteiger partial charge in [-0.25, -0.2) is 9.78 Å². The second kappa shape index (κ2) is 14.3. The standard InChI is InChI=1S/C22H27ClF3N3O8S/c1-3-35-14-18(37-20-19(23)10-16(11-27-20)22(24,25)26)12-28-38(32,33)29(21(30)31)13-15-4-6-17(7-5-15)36-9-8-34-2/h4-7,10-11,18,28H,3,8-9,12-14H2,1-2H3,(H,30,31). The van der Waals surface area contributed by atoms with E-state index in [1.807, 2.05) is 0 Å². The van der Waals surface area contributed by atoms with Gasteiger partial charge in [0.25, 0.3) is 0 Å². The smallest absolute Gasteiger partial charge is 0.422 e. The Morgan fingerprint density at radius 2 is 1.92 bits per heavy atom. The van der Waals surface area contributed by atoms with Crippen LogP contribution in [0.2, 0.25) is 5.02 Å². The van der Waals surface area contributed by atoms with E-state index in [-0.39, 0.29) is 23.4 Å². The van der Waals surface area contributed by atoms with Crippen LogP contribution in [0.25, 0.3) is 0 Å². The summed E-state index contributed by atoms with van der Waals surface area (Å²) in [5, 5.41) is 9.08. The summed E-state index contributed by atoms with van der Waals surface area (Å²) >= 11 is 5.86. The molecular formula is C22H27ClF3N3O8S. The number of ether oxygens (including phenoxy) is 4. The number of halogens is 4. The molecule has 0 saturated heterocycles. The largest absolute Gasteiger partial charge is 0.491 e. The quantitative estimate of drug-likeness (QED) is 0.301. The summed E-state index contributed by atoms with van der Waals surface area (Å²) in [5.41, 5.74) is -0.733. The third kappa shape index (κ3) is 9.79. The molecule has 212 valence electrons. The molecule has 1 aromatic carbocycles. The highest BCUT2D eigenvalue weighted by atomic mass is 35.5. The normalized spacial score (nSPS) is 12.7. The first kappa shape index (κ1) is 31.4. The summed E-state index contributed by atoms with van der Waals surface area (Å²) in [4.78, 5) is 15.3. The van der Waals surface area contributed by atoms with Crippen molar-refractivity contribution in [1.82, 2.24) is 14.0 Å². The molecule has 0 radical (unpaired) electrons. The summed E-state index contributed by atoms with van der Waals surface area (Å²) in [7, 11) is -3.08. The van der Waals surface area contributed by atoms with E-state index >= 15 is 0 Å². The number of carboxylic acid groups (broad SMARTS) is 1. The number of methoxy groups -OCH3 is 1. The molecule has 0 bridgehead atoms. The molecule has 0 saturated carbocycles. The van der Waals surface area contributed by atoms with Crippen LogP contribution >= 0.6 is 11.6 Å². The number of carbonyl (C=O) groups is 1. The van der Waals surface area contributed by atoms with Gasteiger partial charge in [-0.1, -0.05) is 23.7 Å². The number of alkyl halides is 3. The lowest BCUT2D eigenvalue weighted by atomic mass is 10.2. The van der Waals surface area contributed by atoms with Crippen molar-refractivity contribution in [2.45, 2.75) is 25.7 Å². The Labute approximate surface area is 222 Å². The lowest BCUT2D eigenvalue weighted by Gasteiger charge is -2.23. The molecule has 0 spiro atoms. The lowest BCUT2D eigenvalue weighted by molar-refractivity contribution is -0.137. The van der Waals surface area contributed by atoms with Crippen molar-refractivity contribution < 1.29 is 50.4 Å². The predicted molar refractivity (Wildman–Crippen MR) is 129 cm³/mol. The SMILES string of the molecule is CCOCC(CNS(=O)(=O)N(Cc1ccc(OCCOC)cc1)C(=O)O)Oc1ncc(C(F)(F)F)cc1Cl. The maximum Gasteiger partial charge on any atom is 0.422 e. The van der Waals surface area contributed by atoms with Crippen LogP contribution in [-0.4, -0.2) is 75.1 Å². The van der Waals surface area contributed by atoms with Crippen molar-refractivity contribution in [1.29, 1.82) is 0 Å². The van der Waals surface area contributed by atoms with E-state index in [4.69, 9.17) is 30.5 Å². The molecule has 0 aliphatic carbocycles. The van der Waals surface area contributed by atoms with Gasteiger partial charge in [0.1, 0.15) is 23.5 Å². The molecule has 1 unspecified atom stereocenters. The summed E-state index contributed by atoms with van der Waals surface area (Å²) in [6, 6.07) is 6.74. The number of nitrogens with zero attached hydrogens (tertiary/aromatic N) is 2. The number of hydrogen-bond donors (Lipinski definition) is 2. The Kier molecular flexibility index (Phi) is 11.8. The molecule has 1 heterocycles. The third-order valence-electron chi connectivity index (χ3n) is 4.72. The highest BCUT2D eigenvalue weighted by molar-refractivity contribution is 7.87. The molecule has 38 heavy (non-hydrogen) atoms. The van der Waals surface area contributed by atoms with Crippen molar-refractivity contribution in [3.63, 3.8) is 0 Å². The molecular weight excluding hydrogens is 559 g/mol. The number of aromatic nitrogens is 1. The zero-order chi connectivity index (χ0) is 28.3. The lowest BCUT2D eigenvalue weighted by Crippen LogP contribution is -2.47. The van der Waals surface area contributed by atoms with Crippen molar-refractivity contribution in [2.24, 2.45) is 0 Å². The van der Waals surface area contributed by atoms with Crippen LogP contribution in [0, 0.1) is 0 Å². The molecule has 1 amide bonds. The second-order valence-electron chi connectivity index (χ2n) is 7.54. The number of hydrogen-bond acceptors (Lipinski definition) is 8. The maximum atomic E-state index is 12.9. The Balaban J connectivity index is 2.10. The average molecular weight is 586 g/mol. The van der Waals surface area contributed by atoms with Crippen molar-refractivity contribution in [3.8, 4) is 11.6 Å². The first-order valence-electron chi connectivity index (χ1n) is 11.1. The Morgan fingerprint density at radius 3 is 2.47 bits per heavy atom. The van der Waals surface area contributed by atoms with E-state index in [1.165, 1.54) is 19.2 Å². The van der Waals surface area contributed by atoms with Crippen LogP contribution in [0.4, 0.5) is 18.0 Å². The van der Waals surface area contributed by atoms with E-state index in [9.17, 15) is 31.5 Å². The predicted octanol–water partition coefficient (Wildman–Crippen LogP) is 3.58. The average Bonchev–Trinajstić information content (AvgIpc) is 2.85. The van der Waals surface area contributed by atoms with Gasteiger partial charge in [-0.2, -0.15) is 30.6 Å². The van der Waals surface area contributed by atoms with Crippen LogP contribution in [0.15, 0.2) is 36.5 Å². The van der Waals surface area contributed by atoms with Crippen LogP contribution in [0.3, 0.4) is 0 Å². The fourth-order valence-electron chi connectivity index (χ4n) is 2.84. The van der Waals surface area contributed by atoms with Crippen molar-refractivity contribution in [3.05, 3.63) is 52.7 Å². The first-order valence-corrected chi connectivity index (χ1v) is 12.9. The fourth-order valence-corrected chi connectivity index (χ4v) is 4.13. The number of amides is 1. The van der Waals surface area contributed by atoms with Crippen molar-refractivity contribution in [2.75, 3.05) is 40.1 Å². The van der Waals surface area contributed by atoms with Gasteiger partial charge in [-0.05, 0) is 30.7 Å². The van der Waals surface area contributed by atoms with Gasteiger partial charge in [-0.3, -0.25) is 0 Å². The molecule has 1 atom stereocenters. The molecule has 2 aromatic rings. The summed E-state index contributed by atoms with van der Waals surface area (Å²) in [5.74, 6) is 0.103. The highest BCUT2D eigenvalue weighted by Gasteiger charge is 2.32. The Morgan fingerprint density at radius 1 is 1.24 bits per heavy atom. The van der Waals surface area contributed by atoms with Gasteiger partial charge in [0.2, 0.25) is 5.88 Å². The molecule has 16 heteroatoms. The Hall–Kier alpha value is -2.85. The number of rotatable bonds is 15. The Bertz CT molecular complexity index is 1150. The minimum atomic E-state index is -4.67. The van der Waals surface area contributed by atoms with Crippen LogP contribution < -0.4 is 14.2 Å². The van der Waals surface area contributed by atoms with Crippen LogP contribution in [0.1, 0.15) is 18.1 Å². The van der Waals surface area contributed by atoms with Gasteiger partial charge < -0.3 is 24.1 Å². The highest BCUT2D eigenvalue weighted by Crippen LogP contribution is 2.33. The summed E-state index contributed by atoms with van der Waals surface area (Å²) in [6.45, 7) is 1.33. The number of benzene rings is 1. The molecule has 0 aliphatic rings. The fraction of sp³-hybridized carbons (Fsp3) is 0.455. The number of pyridine rings is 1. The monoisotopic (exact) mass is 585 g/mol. The summed E-state index contributed by atoms with van der Waals surface area (Å²) in [6.07, 6.45) is -7.01. The molecule has 2 rings (SSSR count). The number of nitrogens with one attached hydrogen (secondary N) is 1. The zero-order valence-corrected chi connectivity index (χ0v) is 22.0. The van der Waals surface area contributed by atoms with E-state index in [2.05, 4.69) is 9.71 Å². The van der Waals surface area contributed by atoms with Gasteiger partial charge in [-0.15, -0.1) is 0 Å². The van der Waals surface area contributed by atoms with E-state index in [0.717, 1.165) is 0 Å². The van der Waals surface area contributed by atoms with Crippen LogP contribution in [0.5, 0.6) is 11.6 Å². The molecule has 2 N–H and O–H groups in total. The first-order chi connectivity index (χ1) is 17.9. The van der Waals surface area contributed by atoms with E-state index in [1.54, 1.807) is 19.1 Å². The molecule has 11 nitrogen and oxygen atoms in total. The minimum Gasteiger partial charge on any atom is -0.491 e. The second-order valence-corrected chi connectivity index (χ2v) is 9.62. The van der Waals surface area contributed by atoms with Crippen LogP contribution in [-0.2, 0) is 32.4 Å². The topological polar surface area (TPSA) is 137 Å². The van der Waals surface area contributed by atoms with Gasteiger partial charge >= 0.3 is 22.5 Å². The summed E-state index contributed by atoms with van der Waals surface area (Å²) < 4.78 is 87.5. The van der Waals surface area contributed by atoms with Gasteiger partial charge in [0.15, 0.2) is 0 Å². The molecule has 0 fully saturated rings. The third-order valence-corrected chi connectivity index (χ3v) is 6.39. The minimum absolute atomic E-state index is 0.189. The van der Waals surface area contributed by atoms with Crippen molar-refractivity contribution >= 4 is 27.9 Å². The van der Waals surface area contributed by atoms with Gasteiger partial charge in [0, 0.05) is 19.9 Å².